The largest absolute Gasteiger partial charge is 0.245 e. The lowest BCUT2D eigenvalue weighted by atomic mass is 9.81. The molecule has 4 heteroatoms. The molecule has 1 heterocycles. The minimum absolute atomic E-state index is 0.363. The van der Waals surface area contributed by atoms with Gasteiger partial charge in [0.1, 0.15) is 0 Å². The number of nitrogens with zero attached hydrogens (tertiary/aromatic N) is 3. The lowest BCUT2D eigenvalue weighted by Crippen LogP contribution is -2.14. The minimum atomic E-state index is 0.363. The second kappa shape index (κ2) is 10.2. The van der Waals surface area contributed by atoms with Crippen LogP contribution in [0.1, 0.15) is 35.4 Å². The molecule has 180 valence electrons. The van der Waals surface area contributed by atoms with Crippen LogP contribution in [0.15, 0.2) is 120 Å². The average molecular weight is 481 g/mol. The number of allylic oxidation sites excluding steroid dienone is 2. The molecule has 1 aliphatic carbocycles. The number of hydrogen-bond donors (Lipinski definition) is 1. The van der Waals surface area contributed by atoms with E-state index >= 15 is 0 Å². The number of aromatic nitrogens is 2. The van der Waals surface area contributed by atoms with Gasteiger partial charge in [0.25, 0.3) is 0 Å². The number of nitrogens with one attached hydrogen (secondary N) is 1. The van der Waals surface area contributed by atoms with Crippen LogP contribution in [0.3, 0.4) is 0 Å². The molecule has 4 nitrogen and oxygen atoms in total. The summed E-state index contributed by atoms with van der Waals surface area (Å²) in [6.45, 7) is 2.09. The SMILES string of the molecule is Cc1ccc2nc(N/N=C3/C=C(c4ccccc4)C[C@@H](c4ccccc4)C3)nc(-c3ccccc3)c2c1. The molecular formula is C33H28N4. The molecule has 0 aliphatic heterocycles. The molecule has 37 heavy (non-hydrogen) atoms. The molecule has 1 N–H and O–H groups in total. The van der Waals surface area contributed by atoms with Crippen molar-refractivity contribution in [3.63, 3.8) is 0 Å². The Labute approximate surface area is 217 Å². The number of benzene rings is 4. The van der Waals surface area contributed by atoms with Crippen molar-refractivity contribution in [3.05, 3.63) is 132 Å². The van der Waals surface area contributed by atoms with Gasteiger partial charge in [0, 0.05) is 10.9 Å². The highest BCUT2D eigenvalue weighted by Crippen LogP contribution is 2.36. The van der Waals surface area contributed by atoms with Crippen LogP contribution in [0.2, 0.25) is 0 Å². The number of aryl methyl sites for hydroxylation is 1. The normalized spacial score (nSPS) is 16.5. The molecule has 0 fully saturated rings. The summed E-state index contributed by atoms with van der Waals surface area (Å²) in [5, 5.41) is 5.87. The standard InChI is InChI=1S/C33H28N4/c1-23-17-18-31-30(19-23)32(26-15-9-4-10-16-26)35-33(34-31)37-36-29-21-27(24-11-5-2-6-12-24)20-28(22-29)25-13-7-3-8-14-25/h2-19,21,28H,20,22H2,1H3,(H,34,35,37)/b36-29-/t28-/m1/s1. The Morgan fingerprint density at radius 3 is 2.14 bits per heavy atom. The van der Waals surface area contributed by atoms with Gasteiger partial charge in [0.05, 0.1) is 16.9 Å². The van der Waals surface area contributed by atoms with E-state index in [-0.39, 0.29) is 0 Å². The first kappa shape index (κ1) is 22.9. The van der Waals surface area contributed by atoms with Crippen molar-refractivity contribution in [2.24, 2.45) is 5.10 Å². The molecule has 0 saturated carbocycles. The summed E-state index contributed by atoms with van der Waals surface area (Å²) in [5.74, 6) is 0.863. The third kappa shape index (κ3) is 5.05. The first-order valence-electron chi connectivity index (χ1n) is 12.7. The van der Waals surface area contributed by atoms with Crippen LogP contribution in [0.4, 0.5) is 5.95 Å². The summed E-state index contributed by atoms with van der Waals surface area (Å²) in [7, 11) is 0. The van der Waals surface area contributed by atoms with Gasteiger partial charge in [0.15, 0.2) is 0 Å². The van der Waals surface area contributed by atoms with Gasteiger partial charge in [-0.1, -0.05) is 103 Å². The van der Waals surface area contributed by atoms with E-state index < -0.39 is 0 Å². The number of hydrazone groups is 1. The fourth-order valence-corrected chi connectivity index (χ4v) is 5.03. The predicted molar refractivity (Wildman–Crippen MR) is 154 cm³/mol. The van der Waals surface area contributed by atoms with E-state index in [9.17, 15) is 0 Å². The smallest absolute Gasteiger partial charge is 0.244 e. The fourth-order valence-electron chi connectivity index (χ4n) is 5.03. The van der Waals surface area contributed by atoms with Crippen molar-refractivity contribution in [2.45, 2.75) is 25.7 Å². The van der Waals surface area contributed by atoms with Gasteiger partial charge in [-0.25, -0.2) is 15.4 Å². The first-order chi connectivity index (χ1) is 18.2. The number of rotatable bonds is 5. The van der Waals surface area contributed by atoms with Crippen molar-refractivity contribution in [3.8, 4) is 11.3 Å². The van der Waals surface area contributed by atoms with Crippen molar-refractivity contribution in [2.75, 3.05) is 5.43 Å². The number of fused-ring (bicyclic) bond motifs is 1. The van der Waals surface area contributed by atoms with Crippen molar-refractivity contribution in [1.82, 2.24) is 9.97 Å². The summed E-state index contributed by atoms with van der Waals surface area (Å²) < 4.78 is 0. The van der Waals surface area contributed by atoms with Crippen LogP contribution in [0.5, 0.6) is 0 Å². The Bertz CT molecular complexity index is 1590. The van der Waals surface area contributed by atoms with Gasteiger partial charge < -0.3 is 0 Å². The summed E-state index contributed by atoms with van der Waals surface area (Å²) >= 11 is 0. The Kier molecular flexibility index (Phi) is 6.30. The van der Waals surface area contributed by atoms with E-state index in [1.807, 2.05) is 18.2 Å². The Hall–Kier alpha value is -4.57. The Morgan fingerprint density at radius 1 is 0.730 bits per heavy atom. The van der Waals surface area contributed by atoms with Crippen molar-refractivity contribution >= 4 is 28.1 Å². The van der Waals surface area contributed by atoms with Crippen molar-refractivity contribution < 1.29 is 0 Å². The summed E-state index contributed by atoms with van der Waals surface area (Å²) in [6.07, 6.45) is 4.05. The minimum Gasteiger partial charge on any atom is -0.245 e. The molecule has 0 radical (unpaired) electrons. The van der Waals surface area contributed by atoms with E-state index in [0.29, 0.717) is 11.9 Å². The van der Waals surface area contributed by atoms with Crippen LogP contribution in [-0.4, -0.2) is 15.7 Å². The lowest BCUT2D eigenvalue weighted by Gasteiger charge is -2.24. The van der Waals surface area contributed by atoms with Crippen LogP contribution in [-0.2, 0) is 0 Å². The maximum atomic E-state index is 4.90. The van der Waals surface area contributed by atoms with E-state index in [4.69, 9.17) is 15.1 Å². The molecule has 0 unspecified atom stereocenters. The summed E-state index contributed by atoms with van der Waals surface area (Å²) in [4.78, 5) is 9.69. The monoisotopic (exact) mass is 480 g/mol. The highest BCUT2D eigenvalue weighted by Gasteiger charge is 2.22. The number of anilines is 1. The molecule has 4 aromatic carbocycles. The third-order valence-corrected chi connectivity index (χ3v) is 6.88. The van der Waals surface area contributed by atoms with Crippen LogP contribution < -0.4 is 5.43 Å². The van der Waals surface area contributed by atoms with E-state index in [2.05, 4.69) is 109 Å². The van der Waals surface area contributed by atoms with Gasteiger partial charge in [-0.2, -0.15) is 5.10 Å². The Morgan fingerprint density at radius 2 is 1.41 bits per heavy atom. The van der Waals surface area contributed by atoms with Gasteiger partial charge in [-0.15, -0.1) is 0 Å². The molecule has 1 aliphatic rings. The Balaban J connectivity index is 1.38. The molecule has 5 aromatic rings. The molecule has 1 atom stereocenters. The predicted octanol–water partition coefficient (Wildman–Crippen LogP) is 8.03. The van der Waals surface area contributed by atoms with Crippen molar-refractivity contribution in [1.29, 1.82) is 0 Å². The van der Waals surface area contributed by atoms with Gasteiger partial charge in [-0.05, 0) is 60.6 Å². The molecular weight excluding hydrogens is 452 g/mol. The molecule has 1 aromatic heterocycles. The van der Waals surface area contributed by atoms with Crippen LogP contribution in [0, 0.1) is 6.92 Å². The summed E-state index contributed by atoms with van der Waals surface area (Å²) in [6, 6.07) is 37.8. The molecule has 0 spiro atoms. The molecule has 0 saturated heterocycles. The van der Waals surface area contributed by atoms with Crippen LogP contribution in [0.25, 0.3) is 27.7 Å². The maximum Gasteiger partial charge on any atom is 0.244 e. The topological polar surface area (TPSA) is 50.2 Å². The second-order valence-corrected chi connectivity index (χ2v) is 9.55. The lowest BCUT2D eigenvalue weighted by molar-refractivity contribution is 0.731. The molecule has 6 rings (SSSR count). The van der Waals surface area contributed by atoms with E-state index in [0.717, 1.165) is 40.7 Å². The zero-order chi connectivity index (χ0) is 25.0. The maximum absolute atomic E-state index is 4.90. The van der Waals surface area contributed by atoms with Crippen LogP contribution >= 0.6 is 0 Å². The van der Waals surface area contributed by atoms with Gasteiger partial charge >= 0.3 is 0 Å². The highest BCUT2D eigenvalue weighted by atomic mass is 15.4. The summed E-state index contributed by atoms with van der Waals surface area (Å²) in [5.41, 5.74) is 12.1. The highest BCUT2D eigenvalue weighted by molar-refractivity contribution is 6.03. The first-order valence-corrected chi connectivity index (χ1v) is 12.7. The zero-order valence-corrected chi connectivity index (χ0v) is 20.8. The number of hydrogen-bond acceptors (Lipinski definition) is 4. The third-order valence-electron chi connectivity index (χ3n) is 6.88. The molecule has 0 bridgehead atoms. The quantitative estimate of drug-likeness (QED) is 0.259. The van der Waals surface area contributed by atoms with Gasteiger partial charge in [-0.3, -0.25) is 0 Å². The molecule has 0 amide bonds. The van der Waals surface area contributed by atoms with Gasteiger partial charge in [0.2, 0.25) is 5.95 Å². The second-order valence-electron chi connectivity index (χ2n) is 9.55. The average Bonchev–Trinajstić information content (AvgIpc) is 2.97. The fraction of sp³-hybridized carbons (Fsp3) is 0.121. The van der Waals surface area contributed by atoms with E-state index in [1.54, 1.807) is 0 Å². The zero-order valence-electron chi connectivity index (χ0n) is 20.8. The van der Waals surface area contributed by atoms with E-state index in [1.165, 1.54) is 22.3 Å².